The standard InChI is InChI=1S/C14H22N6/c15-14-17-12(10-3-1-2-4-10)16-13(18-14)11-9-19-5-7-20(11)8-6-19/h10-11H,1-9H2,(H2,15,16,17,18). The smallest absolute Gasteiger partial charge is 0.223 e. The fourth-order valence-electron chi connectivity index (χ4n) is 3.81. The summed E-state index contributed by atoms with van der Waals surface area (Å²) in [4.78, 5) is 18.6. The van der Waals surface area contributed by atoms with Crippen molar-refractivity contribution < 1.29 is 0 Å². The summed E-state index contributed by atoms with van der Waals surface area (Å²) in [7, 11) is 0. The second kappa shape index (κ2) is 4.93. The van der Waals surface area contributed by atoms with Gasteiger partial charge in [-0.1, -0.05) is 12.8 Å². The second-order valence-corrected chi connectivity index (χ2v) is 6.24. The Labute approximate surface area is 119 Å². The van der Waals surface area contributed by atoms with Crippen LogP contribution in [0.3, 0.4) is 0 Å². The summed E-state index contributed by atoms with van der Waals surface area (Å²) in [6, 6.07) is 0.308. The molecule has 0 spiro atoms. The van der Waals surface area contributed by atoms with Crippen LogP contribution in [0.1, 0.15) is 49.3 Å². The monoisotopic (exact) mass is 274 g/mol. The number of fused-ring (bicyclic) bond motifs is 3. The summed E-state index contributed by atoms with van der Waals surface area (Å²) in [5.74, 6) is 2.72. The molecule has 108 valence electrons. The SMILES string of the molecule is Nc1nc(C2CCCC2)nc(C2CN3CCN2CC3)n1. The number of aromatic nitrogens is 3. The van der Waals surface area contributed by atoms with Crippen LogP contribution >= 0.6 is 0 Å². The first-order valence-corrected chi connectivity index (χ1v) is 7.77. The quantitative estimate of drug-likeness (QED) is 0.859. The minimum absolute atomic E-state index is 0.308. The first-order chi connectivity index (χ1) is 9.79. The van der Waals surface area contributed by atoms with E-state index in [1.54, 1.807) is 0 Å². The molecule has 2 bridgehead atoms. The predicted molar refractivity (Wildman–Crippen MR) is 76.2 cm³/mol. The van der Waals surface area contributed by atoms with Gasteiger partial charge in [0.1, 0.15) is 5.82 Å². The lowest BCUT2D eigenvalue weighted by molar-refractivity contribution is 0.00849. The molecule has 3 saturated heterocycles. The number of nitrogens with zero attached hydrogens (tertiary/aromatic N) is 5. The Kier molecular flexibility index (Phi) is 3.07. The largest absolute Gasteiger partial charge is 0.368 e. The van der Waals surface area contributed by atoms with E-state index in [1.807, 2.05) is 0 Å². The maximum Gasteiger partial charge on any atom is 0.223 e. The molecule has 4 aliphatic rings. The van der Waals surface area contributed by atoms with Gasteiger partial charge >= 0.3 is 0 Å². The summed E-state index contributed by atoms with van der Waals surface area (Å²) in [6.07, 6.45) is 4.97. The van der Waals surface area contributed by atoms with E-state index in [0.717, 1.165) is 31.3 Å². The highest BCUT2D eigenvalue weighted by atomic mass is 15.4. The average Bonchev–Trinajstić information content (AvgIpc) is 3.02. The fourth-order valence-corrected chi connectivity index (χ4v) is 3.81. The van der Waals surface area contributed by atoms with Crippen LogP contribution in [-0.2, 0) is 0 Å². The zero-order chi connectivity index (χ0) is 13.5. The van der Waals surface area contributed by atoms with Crippen LogP contribution in [-0.4, -0.2) is 57.5 Å². The van der Waals surface area contributed by atoms with Crippen molar-refractivity contribution in [3.05, 3.63) is 11.6 Å². The first-order valence-electron chi connectivity index (χ1n) is 7.77. The van der Waals surface area contributed by atoms with Crippen molar-refractivity contribution in [2.75, 3.05) is 38.5 Å². The van der Waals surface area contributed by atoms with Gasteiger partial charge in [-0.3, -0.25) is 9.80 Å². The Morgan fingerprint density at radius 2 is 1.60 bits per heavy atom. The minimum atomic E-state index is 0.308. The van der Waals surface area contributed by atoms with E-state index in [2.05, 4.69) is 19.8 Å². The Bertz CT molecular complexity index is 490. The third-order valence-electron chi connectivity index (χ3n) is 4.98. The van der Waals surface area contributed by atoms with Crippen LogP contribution in [0.5, 0.6) is 0 Å². The fraction of sp³-hybridized carbons (Fsp3) is 0.786. The second-order valence-electron chi connectivity index (χ2n) is 6.24. The lowest BCUT2D eigenvalue weighted by Crippen LogP contribution is -2.57. The number of nitrogen functional groups attached to an aromatic ring is 1. The maximum atomic E-state index is 5.94. The number of anilines is 1. The highest BCUT2D eigenvalue weighted by Gasteiger charge is 2.35. The van der Waals surface area contributed by atoms with Crippen molar-refractivity contribution in [3.63, 3.8) is 0 Å². The van der Waals surface area contributed by atoms with Crippen LogP contribution < -0.4 is 5.73 Å². The van der Waals surface area contributed by atoms with Gasteiger partial charge in [0.2, 0.25) is 5.95 Å². The predicted octanol–water partition coefficient (Wildman–Crippen LogP) is 0.784. The molecule has 1 unspecified atom stereocenters. The van der Waals surface area contributed by atoms with Crippen molar-refractivity contribution in [1.82, 2.24) is 24.8 Å². The molecule has 1 atom stereocenters. The van der Waals surface area contributed by atoms with Crippen molar-refractivity contribution in [2.24, 2.45) is 0 Å². The minimum Gasteiger partial charge on any atom is -0.368 e. The topological polar surface area (TPSA) is 71.2 Å². The number of nitrogens with two attached hydrogens (primary N) is 1. The molecule has 1 aliphatic carbocycles. The summed E-state index contributed by atoms with van der Waals surface area (Å²) in [6.45, 7) is 5.62. The van der Waals surface area contributed by atoms with E-state index in [-0.39, 0.29) is 0 Å². The zero-order valence-electron chi connectivity index (χ0n) is 11.8. The van der Waals surface area contributed by atoms with Crippen molar-refractivity contribution in [2.45, 2.75) is 37.6 Å². The Morgan fingerprint density at radius 1 is 0.900 bits per heavy atom. The highest BCUT2D eigenvalue weighted by Crippen LogP contribution is 2.33. The van der Waals surface area contributed by atoms with Gasteiger partial charge in [-0.05, 0) is 12.8 Å². The van der Waals surface area contributed by atoms with Gasteiger partial charge in [0.25, 0.3) is 0 Å². The summed E-state index contributed by atoms with van der Waals surface area (Å²) >= 11 is 0. The lowest BCUT2D eigenvalue weighted by atomic mass is 10.1. The van der Waals surface area contributed by atoms with Gasteiger partial charge in [0, 0.05) is 38.6 Å². The Morgan fingerprint density at radius 3 is 2.25 bits per heavy atom. The number of piperazine rings is 3. The van der Waals surface area contributed by atoms with Gasteiger partial charge in [-0.25, -0.2) is 4.98 Å². The van der Waals surface area contributed by atoms with Crippen LogP contribution in [0.2, 0.25) is 0 Å². The van der Waals surface area contributed by atoms with Crippen molar-refractivity contribution >= 4 is 5.95 Å². The molecular formula is C14H22N6. The normalized spacial score (nSPS) is 33.7. The van der Waals surface area contributed by atoms with E-state index in [0.29, 0.717) is 17.9 Å². The molecule has 6 nitrogen and oxygen atoms in total. The van der Waals surface area contributed by atoms with E-state index >= 15 is 0 Å². The Hall–Kier alpha value is -1.27. The molecule has 0 radical (unpaired) electrons. The highest BCUT2D eigenvalue weighted by molar-refractivity contribution is 5.20. The molecule has 4 fully saturated rings. The van der Waals surface area contributed by atoms with Crippen LogP contribution in [0, 0.1) is 0 Å². The third-order valence-corrected chi connectivity index (χ3v) is 4.98. The lowest BCUT2D eigenvalue weighted by Gasteiger charge is -2.46. The summed E-state index contributed by atoms with van der Waals surface area (Å²) in [5, 5.41) is 0. The van der Waals surface area contributed by atoms with Crippen LogP contribution in [0.4, 0.5) is 5.95 Å². The molecule has 0 amide bonds. The number of rotatable bonds is 2. The third kappa shape index (κ3) is 2.16. The van der Waals surface area contributed by atoms with Gasteiger partial charge < -0.3 is 5.73 Å². The first kappa shape index (κ1) is 12.5. The molecule has 3 aliphatic heterocycles. The molecule has 5 rings (SSSR count). The van der Waals surface area contributed by atoms with Crippen LogP contribution in [0.25, 0.3) is 0 Å². The average molecular weight is 274 g/mol. The van der Waals surface area contributed by atoms with Gasteiger partial charge in [0.05, 0.1) is 6.04 Å². The van der Waals surface area contributed by atoms with Crippen molar-refractivity contribution in [1.29, 1.82) is 0 Å². The molecule has 0 aromatic carbocycles. The molecule has 1 aromatic rings. The molecule has 4 heterocycles. The van der Waals surface area contributed by atoms with E-state index in [4.69, 9.17) is 10.7 Å². The molecule has 1 aromatic heterocycles. The van der Waals surface area contributed by atoms with Gasteiger partial charge in [0.15, 0.2) is 5.82 Å². The Balaban J connectivity index is 1.64. The number of hydrogen-bond donors (Lipinski definition) is 1. The summed E-state index contributed by atoms with van der Waals surface area (Å²) < 4.78 is 0. The van der Waals surface area contributed by atoms with E-state index < -0.39 is 0 Å². The molecule has 20 heavy (non-hydrogen) atoms. The molecular weight excluding hydrogens is 252 g/mol. The number of hydrogen-bond acceptors (Lipinski definition) is 6. The van der Waals surface area contributed by atoms with E-state index in [1.165, 1.54) is 38.8 Å². The van der Waals surface area contributed by atoms with Crippen LogP contribution in [0.15, 0.2) is 0 Å². The maximum absolute atomic E-state index is 5.94. The molecule has 6 heteroatoms. The zero-order valence-corrected chi connectivity index (χ0v) is 11.8. The van der Waals surface area contributed by atoms with Crippen molar-refractivity contribution in [3.8, 4) is 0 Å². The summed E-state index contributed by atoms with van der Waals surface area (Å²) in [5.41, 5.74) is 5.94. The molecule has 1 saturated carbocycles. The molecule has 2 N–H and O–H groups in total. The van der Waals surface area contributed by atoms with E-state index in [9.17, 15) is 0 Å². The van der Waals surface area contributed by atoms with Gasteiger partial charge in [-0.15, -0.1) is 0 Å². The van der Waals surface area contributed by atoms with Gasteiger partial charge in [-0.2, -0.15) is 9.97 Å².